The summed E-state index contributed by atoms with van der Waals surface area (Å²) in [5.74, 6) is 1.51. The van der Waals surface area contributed by atoms with E-state index in [-0.39, 0.29) is 6.04 Å². The second-order valence-electron chi connectivity index (χ2n) is 4.20. The van der Waals surface area contributed by atoms with Crippen LogP contribution in [0.1, 0.15) is 17.3 Å². The summed E-state index contributed by atoms with van der Waals surface area (Å²) < 4.78 is 10.7. The molecule has 0 spiro atoms. The SMILES string of the molecule is CNC(c1cc(OC)ccc1OC)c1ncccc1Cl. The fourth-order valence-corrected chi connectivity index (χ4v) is 2.35. The van der Waals surface area contributed by atoms with E-state index in [1.54, 1.807) is 26.5 Å². The van der Waals surface area contributed by atoms with Crippen LogP contribution in [0.3, 0.4) is 0 Å². The van der Waals surface area contributed by atoms with Crippen LogP contribution in [-0.4, -0.2) is 26.3 Å². The van der Waals surface area contributed by atoms with Gasteiger partial charge in [0, 0.05) is 11.8 Å². The standard InChI is InChI=1S/C15H17ClN2O2/c1-17-14(15-12(16)5-4-8-18-15)11-9-10(19-2)6-7-13(11)20-3/h4-9,14,17H,1-3H3. The van der Waals surface area contributed by atoms with Crippen LogP contribution in [0.25, 0.3) is 0 Å². The second-order valence-corrected chi connectivity index (χ2v) is 4.61. The highest BCUT2D eigenvalue weighted by Gasteiger charge is 2.21. The van der Waals surface area contributed by atoms with E-state index < -0.39 is 0 Å². The van der Waals surface area contributed by atoms with Gasteiger partial charge in [-0.25, -0.2) is 0 Å². The number of pyridine rings is 1. The van der Waals surface area contributed by atoms with Gasteiger partial charge >= 0.3 is 0 Å². The van der Waals surface area contributed by atoms with Crippen molar-refractivity contribution < 1.29 is 9.47 Å². The Hall–Kier alpha value is -1.78. The number of aromatic nitrogens is 1. The lowest BCUT2D eigenvalue weighted by molar-refractivity contribution is 0.394. The van der Waals surface area contributed by atoms with Gasteiger partial charge in [-0.15, -0.1) is 0 Å². The first-order chi connectivity index (χ1) is 9.71. The Balaban J connectivity index is 2.54. The number of nitrogens with zero attached hydrogens (tertiary/aromatic N) is 1. The molecule has 1 aromatic carbocycles. The number of hydrogen-bond donors (Lipinski definition) is 1. The van der Waals surface area contributed by atoms with Crippen molar-refractivity contribution >= 4 is 11.6 Å². The minimum atomic E-state index is -0.172. The number of hydrogen-bond acceptors (Lipinski definition) is 4. The third-order valence-corrected chi connectivity index (χ3v) is 3.42. The van der Waals surface area contributed by atoms with Crippen LogP contribution >= 0.6 is 11.6 Å². The molecule has 1 atom stereocenters. The molecule has 0 aliphatic heterocycles. The summed E-state index contributed by atoms with van der Waals surface area (Å²) in [6.07, 6.45) is 1.72. The third-order valence-electron chi connectivity index (χ3n) is 3.10. The van der Waals surface area contributed by atoms with Gasteiger partial charge in [-0.05, 0) is 37.4 Å². The van der Waals surface area contributed by atoms with Gasteiger partial charge in [-0.2, -0.15) is 0 Å². The van der Waals surface area contributed by atoms with Crippen molar-refractivity contribution in [3.8, 4) is 11.5 Å². The Morgan fingerprint density at radius 1 is 1.20 bits per heavy atom. The van der Waals surface area contributed by atoms with Crippen molar-refractivity contribution in [2.45, 2.75) is 6.04 Å². The molecule has 4 nitrogen and oxygen atoms in total. The fraction of sp³-hybridized carbons (Fsp3) is 0.267. The molecule has 0 fully saturated rings. The Morgan fingerprint density at radius 3 is 2.60 bits per heavy atom. The summed E-state index contributed by atoms with van der Waals surface area (Å²) >= 11 is 6.24. The van der Waals surface area contributed by atoms with E-state index in [4.69, 9.17) is 21.1 Å². The summed E-state index contributed by atoms with van der Waals surface area (Å²) in [5, 5.41) is 3.83. The molecule has 106 valence electrons. The molecule has 0 saturated carbocycles. The topological polar surface area (TPSA) is 43.4 Å². The van der Waals surface area contributed by atoms with Crippen molar-refractivity contribution in [1.29, 1.82) is 0 Å². The van der Waals surface area contributed by atoms with Gasteiger partial charge in [0.1, 0.15) is 11.5 Å². The molecular formula is C15H17ClN2O2. The normalized spacial score (nSPS) is 12.0. The summed E-state index contributed by atoms with van der Waals surface area (Å²) in [7, 11) is 5.13. The van der Waals surface area contributed by atoms with Crippen molar-refractivity contribution in [1.82, 2.24) is 10.3 Å². The van der Waals surface area contributed by atoms with Gasteiger partial charge < -0.3 is 14.8 Å². The number of halogens is 1. The largest absolute Gasteiger partial charge is 0.497 e. The Morgan fingerprint density at radius 2 is 2.00 bits per heavy atom. The smallest absolute Gasteiger partial charge is 0.124 e. The van der Waals surface area contributed by atoms with Crippen LogP contribution in [0.4, 0.5) is 0 Å². The summed E-state index contributed by atoms with van der Waals surface area (Å²) in [6.45, 7) is 0. The predicted molar refractivity (Wildman–Crippen MR) is 79.7 cm³/mol. The molecular weight excluding hydrogens is 276 g/mol. The Bertz CT molecular complexity index is 590. The zero-order valence-corrected chi connectivity index (χ0v) is 12.4. The summed E-state index contributed by atoms with van der Waals surface area (Å²) in [4.78, 5) is 4.37. The molecule has 20 heavy (non-hydrogen) atoms. The first-order valence-corrected chi connectivity index (χ1v) is 6.58. The van der Waals surface area contributed by atoms with Crippen LogP contribution in [0.5, 0.6) is 11.5 Å². The number of benzene rings is 1. The average Bonchev–Trinajstić information content (AvgIpc) is 2.49. The molecule has 0 amide bonds. The molecule has 0 radical (unpaired) electrons. The lowest BCUT2D eigenvalue weighted by Gasteiger charge is -2.20. The monoisotopic (exact) mass is 292 g/mol. The number of rotatable bonds is 5. The van der Waals surface area contributed by atoms with E-state index in [2.05, 4.69) is 10.3 Å². The van der Waals surface area contributed by atoms with Crippen molar-refractivity contribution in [2.75, 3.05) is 21.3 Å². The zero-order valence-electron chi connectivity index (χ0n) is 11.7. The molecule has 1 unspecified atom stereocenters. The van der Waals surface area contributed by atoms with Crippen LogP contribution in [-0.2, 0) is 0 Å². The van der Waals surface area contributed by atoms with E-state index in [0.29, 0.717) is 5.02 Å². The molecule has 2 aromatic rings. The highest BCUT2D eigenvalue weighted by Crippen LogP contribution is 2.34. The van der Waals surface area contributed by atoms with E-state index in [1.165, 1.54) is 0 Å². The fourth-order valence-electron chi connectivity index (χ4n) is 2.11. The highest BCUT2D eigenvalue weighted by atomic mass is 35.5. The second kappa shape index (κ2) is 6.59. The average molecular weight is 293 g/mol. The number of methoxy groups -OCH3 is 2. The predicted octanol–water partition coefficient (Wildman–Crippen LogP) is 3.06. The van der Waals surface area contributed by atoms with Gasteiger partial charge in [-0.1, -0.05) is 11.6 Å². The zero-order chi connectivity index (χ0) is 14.5. The maximum absolute atomic E-state index is 6.24. The van der Waals surface area contributed by atoms with Gasteiger partial charge in [0.25, 0.3) is 0 Å². The summed E-state index contributed by atoms with van der Waals surface area (Å²) in [6, 6.07) is 9.10. The molecule has 0 saturated heterocycles. The van der Waals surface area contributed by atoms with E-state index >= 15 is 0 Å². The lowest BCUT2D eigenvalue weighted by atomic mass is 10.0. The van der Waals surface area contributed by atoms with Gasteiger partial charge in [0.05, 0.1) is 31.0 Å². The number of ether oxygens (including phenoxy) is 2. The molecule has 0 aliphatic carbocycles. The van der Waals surface area contributed by atoms with Crippen molar-refractivity contribution in [3.63, 3.8) is 0 Å². The van der Waals surface area contributed by atoms with Crippen LogP contribution in [0.15, 0.2) is 36.5 Å². The van der Waals surface area contributed by atoms with Crippen LogP contribution in [0, 0.1) is 0 Å². The molecule has 1 N–H and O–H groups in total. The minimum Gasteiger partial charge on any atom is -0.497 e. The van der Waals surface area contributed by atoms with Crippen LogP contribution in [0.2, 0.25) is 5.02 Å². The first-order valence-electron chi connectivity index (χ1n) is 6.20. The Labute approximate surface area is 123 Å². The first kappa shape index (κ1) is 14.6. The van der Waals surface area contributed by atoms with Gasteiger partial charge in [0.2, 0.25) is 0 Å². The molecule has 0 aliphatic rings. The molecule has 1 heterocycles. The maximum atomic E-state index is 6.24. The minimum absolute atomic E-state index is 0.172. The lowest BCUT2D eigenvalue weighted by Crippen LogP contribution is -2.20. The quantitative estimate of drug-likeness (QED) is 0.920. The molecule has 0 bridgehead atoms. The third kappa shape index (κ3) is 2.86. The maximum Gasteiger partial charge on any atom is 0.124 e. The van der Waals surface area contributed by atoms with Gasteiger partial charge in [0.15, 0.2) is 0 Å². The van der Waals surface area contributed by atoms with Crippen LogP contribution < -0.4 is 14.8 Å². The summed E-state index contributed by atoms with van der Waals surface area (Å²) in [5.41, 5.74) is 1.68. The van der Waals surface area contributed by atoms with E-state index in [0.717, 1.165) is 22.8 Å². The highest BCUT2D eigenvalue weighted by molar-refractivity contribution is 6.31. The van der Waals surface area contributed by atoms with E-state index in [1.807, 2.05) is 31.3 Å². The van der Waals surface area contributed by atoms with Gasteiger partial charge in [-0.3, -0.25) is 4.98 Å². The molecule has 5 heteroatoms. The number of nitrogens with one attached hydrogen (secondary N) is 1. The molecule has 1 aromatic heterocycles. The van der Waals surface area contributed by atoms with Crippen molar-refractivity contribution in [2.24, 2.45) is 0 Å². The Kier molecular flexibility index (Phi) is 4.82. The molecule has 2 rings (SSSR count). The van der Waals surface area contributed by atoms with Crippen molar-refractivity contribution in [3.05, 3.63) is 52.8 Å². The van der Waals surface area contributed by atoms with E-state index in [9.17, 15) is 0 Å².